The van der Waals surface area contributed by atoms with Crippen molar-refractivity contribution in [2.45, 2.75) is 39.4 Å². The Labute approximate surface area is 108 Å². The van der Waals surface area contributed by atoms with E-state index < -0.39 is 18.5 Å². The Balaban J connectivity index is 2.67. The molecule has 104 valence electrons. The van der Waals surface area contributed by atoms with E-state index in [9.17, 15) is 17.6 Å². The van der Waals surface area contributed by atoms with E-state index in [1.807, 2.05) is 13.8 Å². The first-order chi connectivity index (χ1) is 8.70. The lowest BCUT2D eigenvalue weighted by atomic mass is 9.96. The molecule has 0 radical (unpaired) electrons. The van der Waals surface area contributed by atoms with Crippen LogP contribution in [0, 0.1) is 12.7 Å². The van der Waals surface area contributed by atoms with Gasteiger partial charge in [0.15, 0.2) is 5.82 Å². The van der Waals surface area contributed by atoms with Crippen LogP contribution in [-0.4, -0.2) is 16.0 Å². The van der Waals surface area contributed by atoms with Crippen molar-refractivity contribution < 1.29 is 17.6 Å². The second-order valence-electron chi connectivity index (χ2n) is 4.93. The van der Waals surface area contributed by atoms with Crippen molar-refractivity contribution in [2.24, 2.45) is 0 Å². The number of benzene rings is 1. The lowest BCUT2D eigenvalue weighted by Crippen LogP contribution is -2.19. The number of nitrogens with zero attached hydrogens (tertiary/aromatic N) is 2. The minimum absolute atomic E-state index is 0.0772. The summed E-state index contributed by atoms with van der Waals surface area (Å²) >= 11 is 0. The molecule has 0 spiro atoms. The largest absolute Gasteiger partial charge is 0.408 e. The van der Waals surface area contributed by atoms with Crippen molar-refractivity contribution in [2.75, 3.05) is 0 Å². The summed E-state index contributed by atoms with van der Waals surface area (Å²) in [7, 11) is 0. The molecular weight excluding hydrogens is 260 g/mol. The summed E-state index contributed by atoms with van der Waals surface area (Å²) in [6.45, 7) is 4.08. The summed E-state index contributed by atoms with van der Waals surface area (Å²) in [5.41, 5.74) is 1.09. The van der Waals surface area contributed by atoms with Crippen LogP contribution >= 0.6 is 0 Å². The number of halogens is 4. The van der Waals surface area contributed by atoms with Gasteiger partial charge < -0.3 is 0 Å². The number of aromatic nitrogens is 2. The molecule has 19 heavy (non-hydrogen) atoms. The van der Waals surface area contributed by atoms with E-state index in [0.717, 1.165) is 5.56 Å². The maximum atomic E-state index is 14.4. The van der Waals surface area contributed by atoms with Gasteiger partial charge in [0.25, 0.3) is 0 Å². The molecule has 0 atom stereocenters. The first-order valence-corrected chi connectivity index (χ1v) is 5.92. The zero-order chi connectivity index (χ0) is 14.4. The Morgan fingerprint density at radius 2 is 1.95 bits per heavy atom. The highest BCUT2D eigenvalue weighted by atomic mass is 19.4. The van der Waals surface area contributed by atoms with Gasteiger partial charge in [-0.15, -0.1) is 0 Å². The summed E-state index contributed by atoms with van der Waals surface area (Å²) in [5.74, 6) is -0.703. The van der Waals surface area contributed by atoms with Gasteiger partial charge in [0, 0.05) is 5.39 Å². The third-order valence-electron chi connectivity index (χ3n) is 3.02. The standard InChI is InChI=1S/C13H14F4N2/c1-7(2)10-8(3)4-9-5-18-19(6-13(15,16)17)12(9)11(10)14/h4-5,7H,6H2,1-3H3. The number of alkyl halides is 3. The maximum Gasteiger partial charge on any atom is 0.408 e. The summed E-state index contributed by atoms with van der Waals surface area (Å²) < 4.78 is 52.4. The zero-order valence-corrected chi connectivity index (χ0v) is 10.8. The summed E-state index contributed by atoms with van der Waals surface area (Å²) in [6, 6.07) is 1.67. The van der Waals surface area contributed by atoms with Gasteiger partial charge in [0.2, 0.25) is 0 Å². The quantitative estimate of drug-likeness (QED) is 0.751. The predicted octanol–water partition coefficient (Wildman–Crippen LogP) is 4.17. The number of hydrogen-bond donors (Lipinski definition) is 0. The molecule has 0 fully saturated rings. The van der Waals surface area contributed by atoms with Crippen LogP contribution < -0.4 is 0 Å². The minimum atomic E-state index is -4.42. The van der Waals surface area contributed by atoms with Crippen LogP contribution in [0.25, 0.3) is 10.9 Å². The Kier molecular flexibility index (Phi) is 3.28. The smallest absolute Gasteiger partial charge is 0.253 e. The zero-order valence-electron chi connectivity index (χ0n) is 10.8. The number of fused-ring (bicyclic) bond motifs is 1. The van der Waals surface area contributed by atoms with E-state index in [1.54, 1.807) is 13.0 Å². The Hall–Kier alpha value is -1.59. The van der Waals surface area contributed by atoms with Gasteiger partial charge in [-0.05, 0) is 30.0 Å². The van der Waals surface area contributed by atoms with E-state index in [2.05, 4.69) is 5.10 Å². The summed E-state index contributed by atoms with van der Waals surface area (Å²) in [6.07, 6.45) is -3.16. The maximum absolute atomic E-state index is 14.4. The molecule has 0 amide bonds. The third-order valence-corrected chi connectivity index (χ3v) is 3.02. The molecule has 0 aliphatic carbocycles. The van der Waals surface area contributed by atoms with Gasteiger partial charge in [-0.1, -0.05) is 13.8 Å². The van der Waals surface area contributed by atoms with Crippen molar-refractivity contribution in [1.82, 2.24) is 9.78 Å². The molecule has 6 heteroatoms. The Bertz CT molecular complexity index is 611. The van der Waals surface area contributed by atoms with Gasteiger partial charge in [0.1, 0.15) is 12.1 Å². The van der Waals surface area contributed by atoms with Gasteiger partial charge in [0.05, 0.1) is 6.20 Å². The molecule has 1 aromatic heterocycles. The van der Waals surface area contributed by atoms with Crippen LogP contribution in [0.3, 0.4) is 0 Å². The van der Waals surface area contributed by atoms with Gasteiger partial charge in [-0.2, -0.15) is 18.3 Å². The first kappa shape index (κ1) is 13.8. The number of rotatable bonds is 2. The molecular formula is C13H14F4N2. The fourth-order valence-electron chi connectivity index (χ4n) is 2.36. The SMILES string of the molecule is Cc1cc2cnn(CC(F)(F)F)c2c(F)c1C(C)C. The molecule has 0 unspecified atom stereocenters. The second kappa shape index (κ2) is 4.51. The van der Waals surface area contributed by atoms with Crippen LogP contribution in [0.4, 0.5) is 17.6 Å². The fraction of sp³-hybridized carbons (Fsp3) is 0.462. The third kappa shape index (κ3) is 2.57. The van der Waals surface area contributed by atoms with Crippen molar-refractivity contribution in [3.8, 4) is 0 Å². The fourth-order valence-corrected chi connectivity index (χ4v) is 2.36. The second-order valence-corrected chi connectivity index (χ2v) is 4.93. The Morgan fingerprint density at radius 3 is 2.47 bits per heavy atom. The number of aryl methyl sites for hydroxylation is 1. The molecule has 2 rings (SSSR count). The molecule has 0 saturated carbocycles. The molecule has 2 nitrogen and oxygen atoms in total. The number of hydrogen-bond acceptors (Lipinski definition) is 1. The van der Waals surface area contributed by atoms with Gasteiger partial charge in [-0.3, -0.25) is 4.68 Å². The lowest BCUT2D eigenvalue weighted by molar-refractivity contribution is -0.141. The molecule has 0 bridgehead atoms. The van der Waals surface area contributed by atoms with Crippen LogP contribution in [-0.2, 0) is 6.54 Å². The van der Waals surface area contributed by atoms with Crippen LogP contribution in [0.5, 0.6) is 0 Å². The average Bonchev–Trinajstić information content (AvgIpc) is 2.57. The monoisotopic (exact) mass is 274 g/mol. The van der Waals surface area contributed by atoms with E-state index in [-0.39, 0.29) is 11.4 Å². The normalized spacial score (nSPS) is 12.6. The highest BCUT2D eigenvalue weighted by Crippen LogP contribution is 2.30. The molecule has 0 N–H and O–H groups in total. The van der Waals surface area contributed by atoms with Gasteiger partial charge >= 0.3 is 6.18 Å². The van der Waals surface area contributed by atoms with Crippen molar-refractivity contribution >= 4 is 10.9 Å². The average molecular weight is 274 g/mol. The van der Waals surface area contributed by atoms with E-state index in [4.69, 9.17) is 0 Å². The van der Waals surface area contributed by atoms with Gasteiger partial charge in [-0.25, -0.2) is 4.39 Å². The van der Waals surface area contributed by atoms with Crippen LogP contribution in [0.2, 0.25) is 0 Å². The van der Waals surface area contributed by atoms with Crippen LogP contribution in [0.1, 0.15) is 30.9 Å². The summed E-state index contributed by atoms with van der Waals surface area (Å²) in [4.78, 5) is 0. The molecule has 1 heterocycles. The Morgan fingerprint density at radius 1 is 1.32 bits per heavy atom. The molecule has 0 aliphatic rings. The highest BCUT2D eigenvalue weighted by Gasteiger charge is 2.30. The summed E-state index contributed by atoms with van der Waals surface area (Å²) in [5, 5.41) is 4.03. The lowest BCUT2D eigenvalue weighted by Gasteiger charge is -2.14. The molecule has 2 aromatic rings. The molecule has 1 aromatic carbocycles. The predicted molar refractivity (Wildman–Crippen MR) is 64.6 cm³/mol. The first-order valence-electron chi connectivity index (χ1n) is 5.92. The highest BCUT2D eigenvalue weighted by molar-refractivity contribution is 5.81. The minimum Gasteiger partial charge on any atom is -0.253 e. The van der Waals surface area contributed by atoms with Crippen molar-refractivity contribution in [1.29, 1.82) is 0 Å². The van der Waals surface area contributed by atoms with E-state index in [0.29, 0.717) is 15.6 Å². The van der Waals surface area contributed by atoms with E-state index >= 15 is 0 Å². The molecule has 0 saturated heterocycles. The van der Waals surface area contributed by atoms with Crippen LogP contribution in [0.15, 0.2) is 12.3 Å². The van der Waals surface area contributed by atoms with E-state index in [1.165, 1.54) is 6.20 Å². The van der Waals surface area contributed by atoms with Crippen molar-refractivity contribution in [3.05, 3.63) is 29.2 Å². The topological polar surface area (TPSA) is 17.8 Å². The molecule has 0 aliphatic heterocycles. The van der Waals surface area contributed by atoms with Crippen molar-refractivity contribution in [3.63, 3.8) is 0 Å².